The summed E-state index contributed by atoms with van der Waals surface area (Å²) in [4.78, 5) is 0. The highest BCUT2D eigenvalue weighted by atomic mass is 16.3. The fraction of sp³-hybridized carbons (Fsp3) is 1.00. The van der Waals surface area contributed by atoms with Gasteiger partial charge in [-0.05, 0) is 32.4 Å². The summed E-state index contributed by atoms with van der Waals surface area (Å²) in [6, 6.07) is 0.324. The molecule has 0 aromatic heterocycles. The van der Waals surface area contributed by atoms with Crippen LogP contribution in [0.3, 0.4) is 0 Å². The van der Waals surface area contributed by atoms with Crippen molar-refractivity contribution in [3.8, 4) is 0 Å². The lowest BCUT2D eigenvalue weighted by atomic mass is 9.92. The van der Waals surface area contributed by atoms with Crippen LogP contribution in [0.25, 0.3) is 0 Å². The van der Waals surface area contributed by atoms with E-state index in [1.54, 1.807) is 0 Å². The smallest absolute Gasteiger partial charge is 0.0693 e. The van der Waals surface area contributed by atoms with Gasteiger partial charge in [0.05, 0.1) is 6.10 Å². The van der Waals surface area contributed by atoms with E-state index in [0.29, 0.717) is 6.04 Å². The Hall–Kier alpha value is -0.120. The van der Waals surface area contributed by atoms with Crippen molar-refractivity contribution in [2.24, 2.45) is 5.73 Å². The van der Waals surface area contributed by atoms with Gasteiger partial charge in [0.25, 0.3) is 0 Å². The summed E-state index contributed by atoms with van der Waals surface area (Å²) < 4.78 is 0. The fourth-order valence-corrected chi connectivity index (χ4v) is 1.74. The quantitative estimate of drug-likeness (QED) is 0.532. The van der Waals surface area contributed by atoms with Crippen molar-refractivity contribution in [1.29, 1.82) is 0 Å². The van der Waals surface area contributed by atoms with Gasteiger partial charge in [-0.25, -0.2) is 0 Å². The third-order valence-corrected chi connectivity index (χ3v) is 2.52. The molecule has 0 aliphatic heterocycles. The van der Waals surface area contributed by atoms with Crippen molar-refractivity contribution < 1.29 is 5.11 Å². The molecule has 0 aromatic carbocycles. The van der Waals surface area contributed by atoms with Crippen LogP contribution in [0.2, 0.25) is 0 Å². The van der Waals surface area contributed by atoms with Crippen LogP contribution in [0.5, 0.6) is 0 Å². The number of hydrogen-bond acceptors (Lipinski definition) is 3. The van der Waals surface area contributed by atoms with Crippen molar-refractivity contribution in [1.82, 2.24) is 5.32 Å². The molecule has 72 valence electrons. The Bertz CT molecular complexity index is 119. The first kappa shape index (κ1) is 9.96. The zero-order valence-corrected chi connectivity index (χ0v) is 7.63. The van der Waals surface area contributed by atoms with Gasteiger partial charge in [0.15, 0.2) is 0 Å². The van der Waals surface area contributed by atoms with Gasteiger partial charge >= 0.3 is 0 Å². The summed E-state index contributed by atoms with van der Waals surface area (Å²) in [6.45, 7) is 1.67. The van der Waals surface area contributed by atoms with Crippen molar-refractivity contribution in [3.63, 3.8) is 0 Å². The lowest BCUT2D eigenvalue weighted by molar-refractivity contribution is 0.0911. The molecule has 1 aliphatic carbocycles. The van der Waals surface area contributed by atoms with E-state index in [9.17, 15) is 5.11 Å². The van der Waals surface area contributed by atoms with Crippen LogP contribution in [-0.4, -0.2) is 30.3 Å². The maximum atomic E-state index is 9.57. The van der Waals surface area contributed by atoms with Crippen molar-refractivity contribution >= 4 is 0 Å². The summed E-state index contributed by atoms with van der Waals surface area (Å²) in [7, 11) is 0. The molecule has 12 heavy (non-hydrogen) atoms. The molecule has 1 saturated carbocycles. The van der Waals surface area contributed by atoms with Crippen LogP contribution in [0, 0.1) is 0 Å². The molecule has 0 aromatic rings. The van der Waals surface area contributed by atoms with Crippen LogP contribution < -0.4 is 11.1 Å². The van der Waals surface area contributed by atoms with E-state index >= 15 is 0 Å². The zero-order chi connectivity index (χ0) is 8.81. The van der Waals surface area contributed by atoms with Crippen LogP contribution in [-0.2, 0) is 0 Å². The number of aliphatic hydroxyl groups excluding tert-OH is 1. The molecule has 0 heterocycles. The molecule has 0 spiro atoms. The summed E-state index contributed by atoms with van der Waals surface area (Å²) in [5.41, 5.74) is 5.38. The number of rotatable bonds is 4. The SMILES string of the molecule is NCCCNC1CCCCC1O. The van der Waals surface area contributed by atoms with E-state index < -0.39 is 0 Å². The fourth-order valence-electron chi connectivity index (χ4n) is 1.74. The van der Waals surface area contributed by atoms with Gasteiger partial charge in [0.2, 0.25) is 0 Å². The molecule has 3 nitrogen and oxygen atoms in total. The predicted octanol–water partition coefficient (Wildman–Crippen LogP) is 0.228. The summed E-state index contributed by atoms with van der Waals surface area (Å²) in [5, 5.41) is 12.9. The first-order valence-corrected chi connectivity index (χ1v) is 4.96. The van der Waals surface area contributed by atoms with Crippen LogP contribution in [0.1, 0.15) is 32.1 Å². The maximum absolute atomic E-state index is 9.57. The van der Waals surface area contributed by atoms with Gasteiger partial charge in [-0.15, -0.1) is 0 Å². The monoisotopic (exact) mass is 172 g/mol. The number of nitrogens with two attached hydrogens (primary N) is 1. The average Bonchev–Trinajstić information content (AvgIpc) is 2.09. The molecule has 4 N–H and O–H groups in total. The highest BCUT2D eigenvalue weighted by molar-refractivity contribution is 4.79. The van der Waals surface area contributed by atoms with Crippen molar-refractivity contribution in [2.45, 2.75) is 44.2 Å². The standard InChI is InChI=1S/C9H20N2O/c10-6-3-7-11-8-4-1-2-5-9(8)12/h8-9,11-12H,1-7,10H2. The van der Waals surface area contributed by atoms with Crippen LogP contribution in [0.15, 0.2) is 0 Å². The van der Waals surface area contributed by atoms with Gasteiger partial charge in [-0.3, -0.25) is 0 Å². The van der Waals surface area contributed by atoms with Gasteiger partial charge < -0.3 is 16.2 Å². The summed E-state index contributed by atoms with van der Waals surface area (Å²) in [6.07, 6.45) is 5.37. The largest absolute Gasteiger partial charge is 0.392 e. The minimum absolute atomic E-state index is 0.128. The minimum atomic E-state index is -0.128. The summed E-state index contributed by atoms with van der Waals surface area (Å²) in [5.74, 6) is 0. The first-order chi connectivity index (χ1) is 5.84. The predicted molar refractivity (Wildman–Crippen MR) is 49.9 cm³/mol. The van der Waals surface area contributed by atoms with Crippen LogP contribution in [0.4, 0.5) is 0 Å². The molecule has 0 saturated heterocycles. The molecule has 1 rings (SSSR count). The third kappa shape index (κ3) is 3.09. The van der Waals surface area contributed by atoms with Crippen molar-refractivity contribution in [3.05, 3.63) is 0 Å². The zero-order valence-electron chi connectivity index (χ0n) is 7.63. The minimum Gasteiger partial charge on any atom is -0.392 e. The normalized spacial score (nSPS) is 30.5. The Kier molecular flexibility index (Phi) is 4.58. The molecule has 0 bridgehead atoms. The number of aliphatic hydroxyl groups is 1. The lowest BCUT2D eigenvalue weighted by Gasteiger charge is -2.28. The van der Waals surface area contributed by atoms with Gasteiger partial charge in [0, 0.05) is 6.04 Å². The van der Waals surface area contributed by atoms with E-state index in [1.807, 2.05) is 0 Å². The van der Waals surface area contributed by atoms with E-state index in [1.165, 1.54) is 12.8 Å². The lowest BCUT2D eigenvalue weighted by Crippen LogP contribution is -2.42. The Labute approximate surface area is 74.3 Å². The second-order valence-corrected chi connectivity index (χ2v) is 3.55. The van der Waals surface area contributed by atoms with Crippen molar-refractivity contribution in [2.75, 3.05) is 13.1 Å². The summed E-state index contributed by atoms with van der Waals surface area (Å²) >= 11 is 0. The molecule has 3 heteroatoms. The second-order valence-electron chi connectivity index (χ2n) is 3.55. The molecular weight excluding hydrogens is 152 g/mol. The topological polar surface area (TPSA) is 58.3 Å². The third-order valence-electron chi connectivity index (χ3n) is 2.52. The van der Waals surface area contributed by atoms with E-state index in [-0.39, 0.29) is 6.10 Å². The maximum Gasteiger partial charge on any atom is 0.0693 e. The molecular formula is C9H20N2O. The Balaban J connectivity index is 2.11. The average molecular weight is 172 g/mol. The molecule has 2 atom stereocenters. The Morgan fingerprint density at radius 2 is 2.08 bits per heavy atom. The van der Waals surface area contributed by atoms with E-state index in [4.69, 9.17) is 5.73 Å². The van der Waals surface area contributed by atoms with Gasteiger partial charge in [0.1, 0.15) is 0 Å². The van der Waals surface area contributed by atoms with E-state index in [2.05, 4.69) is 5.32 Å². The number of hydrogen-bond donors (Lipinski definition) is 3. The molecule has 1 aliphatic rings. The highest BCUT2D eigenvalue weighted by Crippen LogP contribution is 2.17. The molecule has 1 fully saturated rings. The second kappa shape index (κ2) is 5.51. The molecule has 2 unspecified atom stereocenters. The number of nitrogens with one attached hydrogen (secondary N) is 1. The highest BCUT2D eigenvalue weighted by Gasteiger charge is 2.21. The molecule has 0 amide bonds. The molecule has 0 radical (unpaired) electrons. The van der Waals surface area contributed by atoms with Gasteiger partial charge in [-0.1, -0.05) is 12.8 Å². The van der Waals surface area contributed by atoms with Gasteiger partial charge in [-0.2, -0.15) is 0 Å². The first-order valence-electron chi connectivity index (χ1n) is 4.96. The Morgan fingerprint density at radius 1 is 1.33 bits per heavy atom. The van der Waals surface area contributed by atoms with E-state index in [0.717, 1.165) is 32.4 Å². The van der Waals surface area contributed by atoms with Crippen LogP contribution >= 0.6 is 0 Å². The Morgan fingerprint density at radius 3 is 2.75 bits per heavy atom.